The van der Waals surface area contributed by atoms with Gasteiger partial charge in [-0.2, -0.15) is 0 Å². The number of methoxy groups -OCH3 is 1. The van der Waals surface area contributed by atoms with Gasteiger partial charge in [0.15, 0.2) is 0 Å². The molecule has 0 aliphatic carbocycles. The number of nitrogens with zero attached hydrogens (tertiary/aromatic N) is 1. The number of aromatic nitrogens is 1. The van der Waals surface area contributed by atoms with Gasteiger partial charge in [-0.1, -0.05) is 24.3 Å². The Morgan fingerprint density at radius 3 is 2.67 bits per heavy atom. The van der Waals surface area contributed by atoms with E-state index in [1.54, 1.807) is 11.3 Å². The van der Waals surface area contributed by atoms with Crippen molar-refractivity contribution in [3.63, 3.8) is 0 Å². The monoisotopic (exact) mass is 306 g/mol. The van der Waals surface area contributed by atoms with Crippen molar-refractivity contribution in [3.8, 4) is 10.4 Å². The molecule has 0 saturated carbocycles. The van der Waals surface area contributed by atoms with Crippen molar-refractivity contribution in [3.05, 3.63) is 41.0 Å². The molecule has 0 saturated heterocycles. The summed E-state index contributed by atoms with van der Waals surface area (Å²) in [6.07, 6.45) is 0. The second-order valence-electron chi connectivity index (χ2n) is 4.59. The van der Waals surface area contributed by atoms with Gasteiger partial charge in [0.2, 0.25) is 0 Å². The smallest absolute Gasteiger partial charge is 0.331 e. The molecular weight excluding hydrogens is 288 g/mol. The molecule has 1 aromatic heterocycles. The van der Waals surface area contributed by atoms with Crippen molar-refractivity contribution < 1.29 is 14.3 Å². The normalized spacial score (nSPS) is 12.1. The first-order valence-corrected chi connectivity index (χ1v) is 7.40. The Morgan fingerprint density at radius 1 is 1.38 bits per heavy atom. The van der Waals surface area contributed by atoms with Crippen LogP contribution < -0.4 is 5.73 Å². The number of rotatable bonds is 6. The first kappa shape index (κ1) is 15.6. The average molecular weight is 306 g/mol. The molecule has 2 aromatic rings. The summed E-state index contributed by atoms with van der Waals surface area (Å²) in [5.41, 5.74) is 11.0. The Hall–Kier alpha value is -1.76. The molecule has 0 radical (unpaired) electrons. The molecule has 1 heterocycles. The van der Waals surface area contributed by atoms with Gasteiger partial charge in [0.05, 0.1) is 35.8 Å². The molecule has 0 aliphatic heterocycles. The van der Waals surface area contributed by atoms with E-state index in [0.717, 1.165) is 21.7 Å². The maximum atomic E-state index is 10.9. The van der Waals surface area contributed by atoms with Crippen molar-refractivity contribution >= 4 is 17.3 Å². The fraction of sp³-hybridized carbons (Fsp3) is 0.333. The minimum absolute atomic E-state index is 0.0810. The molecule has 0 amide bonds. The topological polar surface area (TPSA) is 74.4 Å². The van der Waals surface area contributed by atoms with Gasteiger partial charge in [0.25, 0.3) is 0 Å². The Morgan fingerprint density at radius 2 is 2.10 bits per heavy atom. The highest BCUT2D eigenvalue weighted by molar-refractivity contribution is 7.13. The van der Waals surface area contributed by atoms with Crippen LogP contribution in [-0.4, -0.2) is 31.3 Å². The minimum atomic E-state index is -0.404. The molecule has 5 nitrogen and oxygen atoms in total. The van der Waals surface area contributed by atoms with Gasteiger partial charge in [-0.15, -0.1) is 11.3 Å². The number of carbonyl (C=O) groups excluding carboxylic acids is 1. The number of nitrogens with two attached hydrogens (primary N) is 1. The van der Waals surface area contributed by atoms with Crippen molar-refractivity contribution in [2.75, 3.05) is 20.3 Å². The van der Waals surface area contributed by atoms with Gasteiger partial charge in [0.1, 0.15) is 6.61 Å². The molecule has 1 atom stereocenters. The third kappa shape index (κ3) is 4.10. The summed E-state index contributed by atoms with van der Waals surface area (Å²) in [5, 5.41) is 0. The lowest BCUT2D eigenvalue weighted by Gasteiger charge is -2.12. The molecule has 6 heteroatoms. The summed E-state index contributed by atoms with van der Waals surface area (Å²) >= 11 is 1.62. The molecule has 2 rings (SSSR count). The summed E-state index contributed by atoms with van der Waals surface area (Å²) < 4.78 is 9.71. The quantitative estimate of drug-likeness (QED) is 0.829. The number of hydrogen-bond acceptors (Lipinski definition) is 6. The van der Waals surface area contributed by atoms with E-state index in [-0.39, 0.29) is 19.3 Å². The summed E-state index contributed by atoms with van der Waals surface area (Å²) in [6.45, 7) is 2.18. The molecule has 2 N–H and O–H groups in total. The van der Waals surface area contributed by atoms with E-state index in [1.807, 2.05) is 36.7 Å². The predicted octanol–water partition coefficient (Wildman–Crippen LogP) is 2.31. The molecule has 0 bridgehead atoms. The van der Waals surface area contributed by atoms with Crippen LogP contribution in [0.25, 0.3) is 10.4 Å². The van der Waals surface area contributed by atoms with Crippen LogP contribution in [0.4, 0.5) is 0 Å². The zero-order valence-electron chi connectivity index (χ0n) is 12.0. The van der Waals surface area contributed by atoms with Gasteiger partial charge in [-0.25, -0.2) is 9.78 Å². The third-order valence-electron chi connectivity index (χ3n) is 3.09. The van der Waals surface area contributed by atoms with Gasteiger partial charge in [0, 0.05) is 0 Å². The second kappa shape index (κ2) is 7.31. The molecule has 112 valence electrons. The maximum Gasteiger partial charge on any atom is 0.331 e. The standard InChI is InChI=1S/C15H18N2O3S/c1-10-15(21-9-17-10)12-5-3-11(4-6-12)13(16)7-20-8-14(18)19-2/h3-6,9,13H,7-8,16H2,1-2H3/t13-/m0/s1. The maximum absolute atomic E-state index is 10.9. The summed E-state index contributed by atoms with van der Waals surface area (Å²) in [6, 6.07) is 7.72. The van der Waals surface area contributed by atoms with E-state index in [4.69, 9.17) is 10.5 Å². The number of carbonyl (C=O) groups is 1. The third-order valence-corrected chi connectivity index (χ3v) is 4.07. The van der Waals surface area contributed by atoms with E-state index in [0.29, 0.717) is 0 Å². The fourth-order valence-corrected chi connectivity index (χ4v) is 2.70. The number of aryl methyl sites for hydroxylation is 1. The van der Waals surface area contributed by atoms with E-state index >= 15 is 0 Å². The van der Waals surface area contributed by atoms with Crippen LogP contribution in [0.3, 0.4) is 0 Å². The van der Waals surface area contributed by atoms with Crippen LogP contribution in [0.15, 0.2) is 29.8 Å². The zero-order chi connectivity index (χ0) is 15.2. The lowest BCUT2D eigenvalue weighted by molar-refractivity contribution is -0.146. The van der Waals surface area contributed by atoms with Gasteiger partial charge < -0.3 is 15.2 Å². The van der Waals surface area contributed by atoms with Crippen molar-refractivity contribution in [2.45, 2.75) is 13.0 Å². The van der Waals surface area contributed by atoms with E-state index in [2.05, 4.69) is 9.72 Å². The molecule has 0 unspecified atom stereocenters. The first-order valence-electron chi connectivity index (χ1n) is 6.52. The van der Waals surface area contributed by atoms with Gasteiger partial charge in [-0.3, -0.25) is 0 Å². The fourth-order valence-electron chi connectivity index (χ4n) is 1.89. The molecule has 0 aliphatic rings. The number of benzene rings is 1. The minimum Gasteiger partial charge on any atom is -0.467 e. The van der Waals surface area contributed by atoms with Crippen molar-refractivity contribution in [1.29, 1.82) is 0 Å². The Labute approximate surface area is 127 Å². The van der Waals surface area contributed by atoms with Crippen molar-refractivity contribution in [1.82, 2.24) is 4.98 Å². The lowest BCUT2D eigenvalue weighted by atomic mass is 10.0. The second-order valence-corrected chi connectivity index (χ2v) is 5.44. The van der Waals surface area contributed by atoms with Crippen LogP contribution in [0, 0.1) is 6.92 Å². The summed E-state index contributed by atoms with van der Waals surface area (Å²) in [5.74, 6) is -0.404. The van der Waals surface area contributed by atoms with Gasteiger partial charge >= 0.3 is 5.97 Å². The highest BCUT2D eigenvalue weighted by Crippen LogP contribution is 2.27. The summed E-state index contributed by atoms with van der Waals surface area (Å²) in [7, 11) is 1.33. The van der Waals surface area contributed by atoms with E-state index in [1.165, 1.54) is 7.11 Å². The van der Waals surface area contributed by atoms with Crippen molar-refractivity contribution in [2.24, 2.45) is 5.73 Å². The Bertz CT molecular complexity index is 595. The molecule has 1 aromatic carbocycles. The average Bonchev–Trinajstić information content (AvgIpc) is 2.93. The lowest BCUT2D eigenvalue weighted by Crippen LogP contribution is -2.20. The van der Waals surface area contributed by atoms with Crippen LogP contribution in [0.1, 0.15) is 17.3 Å². The highest BCUT2D eigenvalue weighted by Gasteiger charge is 2.10. The molecular formula is C15H18N2O3S. The van der Waals surface area contributed by atoms with E-state index < -0.39 is 5.97 Å². The number of thiazole rings is 1. The highest BCUT2D eigenvalue weighted by atomic mass is 32.1. The molecule has 0 fully saturated rings. The van der Waals surface area contributed by atoms with E-state index in [9.17, 15) is 4.79 Å². The molecule has 21 heavy (non-hydrogen) atoms. The number of hydrogen-bond donors (Lipinski definition) is 1. The van der Waals surface area contributed by atoms with Crippen LogP contribution in [0.5, 0.6) is 0 Å². The van der Waals surface area contributed by atoms with Crippen LogP contribution in [0.2, 0.25) is 0 Å². The van der Waals surface area contributed by atoms with Gasteiger partial charge in [-0.05, 0) is 18.1 Å². The number of ether oxygens (including phenoxy) is 2. The van der Waals surface area contributed by atoms with Crippen LogP contribution >= 0.6 is 11.3 Å². The predicted molar refractivity (Wildman–Crippen MR) is 82.1 cm³/mol. The number of esters is 1. The first-order chi connectivity index (χ1) is 10.1. The summed E-state index contributed by atoms with van der Waals surface area (Å²) in [4.78, 5) is 16.4. The SMILES string of the molecule is COC(=O)COC[C@H](N)c1ccc(-c2scnc2C)cc1. The Kier molecular flexibility index (Phi) is 5.44. The zero-order valence-corrected chi connectivity index (χ0v) is 12.9. The Balaban J connectivity index is 1.95. The largest absolute Gasteiger partial charge is 0.467 e. The van der Waals surface area contributed by atoms with Crippen LogP contribution in [-0.2, 0) is 14.3 Å². The molecule has 0 spiro atoms.